The van der Waals surface area contributed by atoms with Crippen molar-refractivity contribution in [3.63, 3.8) is 0 Å². The van der Waals surface area contributed by atoms with Crippen LogP contribution in [0.1, 0.15) is 50.2 Å². The van der Waals surface area contributed by atoms with E-state index >= 15 is 0 Å². The quantitative estimate of drug-likeness (QED) is 0.246. The Morgan fingerprint density at radius 1 is 1.05 bits per heavy atom. The molecule has 204 valence electrons. The van der Waals surface area contributed by atoms with Crippen molar-refractivity contribution in [3.05, 3.63) is 72.1 Å². The molecule has 0 spiro atoms. The molecular formula is C30H33FN4O3S. The molecular weight excluding hydrogens is 515 g/mol. The lowest BCUT2D eigenvalue weighted by Crippen LogP contribution is -2.28. The molecule has 2 heterocycles. The van der Waals surface area contributed by atoms with E-state index in [0.29, 0.717) is 48.1 Å². The highest BCUT2D eigenvalue weighted by Gasteiger charge is 2.23. The van der Waals surface area contributed by atoms with Crippen molar-refractivity contribution in [1.29, 1.82) is 0 Å². The molecule has 0 bridgehead atoms. The van der Waals surface area contributed by atoms with Crippen LogP contribution >= 0.6 is 0 Å². The molecule has 0 saturated heterocycles. The second kappa shape index (κ2) is 11.7. The highest BCUT2D eigenvalue weighted by Crippen LogP contribution is 2.38. The first-order valence-electron chi connectivity index (χ1n) is 13.4. The maximum Gasteiger partial charge on any atom is 0.228 e. The Kier molecular flexibility index (Phi) is 8.07. The van der Waals surface area contributed by atoms with Crippen molar-refractivity contribution < 1.29 is 17.5 Å². The van der Waals surface area contributed by atoms with Crippen LogP contribution in [0.5, 0.6) is 11.6 Å². The fourth-order valence-electron chi connectivity index (χ4n) is 5.24. The highest BCUT2D eigenvalue weighted by molar-refractivity contribution is 7.90. The van der Waals surface area contributed by atoms with Crippen LogP contribution in [0.15, 0.2) is 60.9 Å². The third-order valence-corrected chi connectivity index (χ3v) is 8.78. The number of fused-ring (bicyclic) bond motifs is 1. The van der Waals surface area contributed by atoms with Gasteiger partial charge < -0.3 is 10.1 Å². The van der Waals surface area contributed by atoms with E-state index in [4.69, 9.17) is 4.74 Å². The molecule has 0 aliphatic heterocycles. The molecule has 39 heavy (non-hydrogen) atoms. The van der Waals surface area contributed by atoms with Crippen molar-refractivity contribution in [2.24, 2.45) is 0 Å². The number of nitrogens with zero attached hydrogens (tertiary/aromatic N) is 3. The molecule has 5 rings (SSSR count). The van der Waals surface area contributed by atoms with Gasteiger partial charge in [-0.3, -0.25) is 0 Å². The number of benzene rings is 2. The van der Waals surface area contributed by atoms with Gasteiger partial charge in [0, 0.05) is 23.8 Å². The average Bonchev–Trinajstić information content (AvgIpc) is 2.91. The van der Waals surface area contributed by atoms with Gasteiger partial charge in [0.25, 0.3) is 0 Å². The summed E-state index contributed by atoms with van der Waals surface area (Å²) in [4.78, 5) is 13.6. The molecule has 4 aromatic rings. The smallest absolute Gasteiger partial charge is 0.228 e. The number of pyridine rings is 1. The number of alkyl halides is 1. The Bertz CT molecular complexity index is 1580. The highest BCUT2D eigenvalue weighted by atomic mass is 32.2. The Labute approximate surface area is 228 Å². The first-order valence-corrected chi connectivity index (χ1v) is 15.2. The number of sulfone groups is 1. The number of ether oxygens (including phenoxy) is 1. The van der Waals surface area contributed by atoms with Gasteiger partial charge in [0.15, 0.2) is 9.84 Å². The van der Waals surface area contributed by atoms with E-state index in [1.165, 1.54) is 0 Å². The minimum Gasteiger partial charge on any atom is -0.437 e. The summed E-state index contributed by atoms with van der Waals surface area (Å²) in [5, 5.41) is 4.94. The molecule has 1 aliphatic rings. The van der Waals surface area contributed by atoms with E-state index in [9.17, 15) is 12.8 Å². The van der Waals surface area contributed by atoms with E-state index in [0.717, 1.165) is 34.7 Å². The third-order valence-electron chi connectivity index (χ3n) is 7.00. The second-order valence-electron chi connectivity index (χ2n) is 10.1. The number of hydrogen-bond acceptors (Lipinski definition) is 7. The SMILES string of the molecule is CCCS(=O)(=O)Cc1cc(C)c(Oc2ncccc2-c2ccnc(NC3CCCC(F)C3)n2)c2ccccc12. The largest absolute Gasteiger partial charge is 0.437 e. The van der Waals surface area contributed by atoms with Gasteiger partial charge in [0.1, 0.15) is 11.9 Å². The zero-order chi connectivity index (χ0) is 27.4. The van der Waals surface area contributed by atoms with Crippen molar-refractivity contribution in [2.75, 3.05) is 11.1 Å². The molecule has 9 heteroatoms. The Morgan fingerprint density at radius 2 is 1.87 bits per heavy atom. The molecule has 2 atom stereocenters. The van der Waals surface area contributed by atoms with Gasteiger partial charge >= 0.3 is 0 Å². The van der Waals surface area contributed by atoms with Crippen LogP contribution in [0.25, 0.3) is 22.0 Å². The maximum atomic E-state index is 13.9. The Balaban J connectivity index is 1.48. The van der Waals surface area contributed by atoms with E-state index in [2.05, 4.69) is 20.3 Å². The van der Waals surface area contributed by atoms with Crippen molar-refractivity contribution >= 4 is 26.6 Å². The Hall–Kier alpha value is -3.59. The molecule has 2 aromatic heterocycles. The summed E-state index contributed by atoms with van der Waals surface area (Å²) in [6, 6.07) is 15.1. The summed E-state index contributed by atoms with van der Waals surface area (Å²) in [6.07, 6.45) is 5.91. The zero-order valence-corrected chi connectivity index (χ0v) is 23.0. The van der Waals surface area contributed by atoms with Crippen molar-refractivity contribution in [2.45, 2.75) is 63.9 Å². The lowest BCUT2D eigenvalue weighted by atomic mass is 9.94. The van der Waals surface area contributed by atoms with Crippen LogP contribution in [0.2, 0.25) is 0 Å². The number of aromatic nitrogens is 3. The summed E-state index contributed by atoms with van der Waals surface area (Å²) in [6.45, 7) is 3.78. The number of hydrogen-bond donors (Lipinski definition) is 1. The molecule has 1 N–H and O–H groups in total. The summed E-state index contributed by atoms with van der Waals surface area (Å²) >= 11 is 0. The number of halogens is 1. The van der Waals surface area contributed by atoms with Crippen LogP contribution in [-0.4, -0.2) is 41.3 Å². The molecule has 2 aromatic carbocycles. The number of anilines is 1. The number of aryl methyl sites for hydroxylation is 1. The molecule has 7 nitrogen and oxygen atoms in total. The van der Waals surface area contributed by atoms with Crippen LogP contribution in [0.4, 0.5) is 10.3 Å². The second-order valence-corrected chi connectivity index (χ2v) is 12.3. The molecule has 0 radical (unpaired) electrons. The van der Waals surface area contributed by atoms with Crippen LogP contribution in [-0.2, 0) is 15.6 Å². The summed E-state index contributed by atoms with van der Waals surface area (Å²) in [5.74, 6) is 1.58. The van der Waals surface area contributed by atoms with Gasteiger partial charge in [-0.1, -0.05) is 37.3 Å². The van der Waals surface area contributed by atoms with Gasteiger partial charge in [0.2, 0.25) is 11.8 Å². The van der Waals surface area contributed by atoms with Gasteiger partial charge in [0.05, 0.1) is 22.8 Å². The van der Waals surface area contributed by atoms with Crippen LogP contribution in [0, 0.1) is 6.92 Å². The van der Waals surface area contributed by atoms with E-state index in [1.807, 2.05) is 56.3 Å². The molecule has 0 amide bonds. The van der Waals surface area contributed by atoms with Gasteiger partial charge in [-0.15, -0.1) is 0 Å². The predicted octanol–water partition coefficient (Wildman–Crippen LogP) is 6.81. The summed E-state index contributed by atoms with van der Waals surface area (Å²) in [7, 11) is -3.22. The van der Waals surface area contributed by atoms with Gasteiger partial charge in [-0.05, 0) is 73.7 Å². The lowest BCUT2D eigenvalue weighted by Gasteiger charge is -2.25. The van der Waals surface area contributed by atoms with Gasteiger partial charge in [-0.25, -0.2) is 27.8 Å². The molecule has 1 aliphatic carbocycles. The van der Waals surface area contributed by atoms with Crippen LogP contribution in [0.3, 0.4) is 0 Å². The molecule has 1 saturated carbocycles. The predicted molar refractivity (Wildman–Crippen MR) is 153 cm³/mol. The molecule has 1 fully saturated rings. The minimum atomic E-state index is -3.22. The Morgan fingerprint density at radius 3 is 2.67 bits per heavy atom. The standard InChI is InChI=1S/C30H33FN4O3S/c1-3-16-39(36,37)19-21-17-20(2)28(25-11-5-4-10-24(21)25)38-29-26(12-7-14-32-29)27-13-15-33-30(35-27)34-23-9-6-8-22(31)18-23/h4-5,7,10-15,17,22-23H,3,6,8-9,16,18-19H2,1-2H3,(H,33,34,35). The summed E-state index contributed by atoms with van der Waals surface area (Å²) in [5.41, 5.74) is 2.89. The van der Waals surface area contributed by atoms with Crippen molar-refractivity contribution in [1.82, 2.24) is 15.0 Å². The first-order chi connectivity index (χ1) is 18.8. The zero-order valence-electron chi connectivity index (χ0n) is 22.2. The first kappa shape index (κ1) is 27.0. The normalized spacial score (nSPS) is 17.7. The fraction of sp³-hybridized carbons (Fsp3) is 0.367. The lowest BCUT2D eigenvalue weighted by molar-refractivity contribution is 0.239. The minimum absolute atomic E-state index is 0.00212. The topological polar surface area (TPSA) is 94.1 Å². The number of nitrogens with one attached hydrogen (secondary N) is 1. The van der Waals surface area contributed by atoms with Crippen molar-refractivity contribution in [3.8, 4) is 22.9 Å². The molecule has 2 unspecified atom stereocenters. The van der Waals surface area contributed by atoms with Gasteiger partial charge in [-0.2, -0.15) is 0 Å². The van der Waals surface area contributed by atoms with Crippen LogP contribution < -0.4 is 10.1 Å². The maximum absolute atomic E-state index is 13.9. The fourth-order valence-corrected chi connectivity index (χ4v) is 6.72. The van der Waals surface area contributed by atoms with E-state index in [-0.39, 0.29) is 17.5 Å². The van der Waals surface area contributed by atoms with E-state index in [1.54, 1.807) is 18.5 Å². The average molecular weight is 549 g/mol. The van der Waals surface area contributed by atoms with E-state index < -0.39 is 16.0 Å². The third kappa shape index (κ3) is 6.36. The monoisotopic (exact) mass is 548 g/mol. The number of rotatable bonds is 9. The summed E-state index contributed by atoms with van der Waals surface area (Å²) < 4.78 is 45.6.